The Morgan fingerprint density at radius 3 is 1.96 bits per heavy atom. The monoisotopic (exact) mass is 315 g/mol. The second-order valence-electron chi connectivity index (χ2n) is 5.81. The maximum Gasteiger partial charge on any atom is 0.251 e. The highest BCUT2D eigenvalue weighted by molar-refractivity contribution is 5.72. The molecule has 3 nitrogen and oxygen atoms in total. The molecule has 0 amide bonds. The summed E-state index contributed by atoms with van der Waals surface area (Å²) in [6, 6.07) is 29.2. The van der Waals surface area contributed by atoms with Gasteiger partial charge in [0.05, 0.1) is 0 Å². The first-order valence-electron chi connectivity index (χ1n) is 8.18. The van der Waals surface area contributed by atoms with Crippen LogP contribution in [0.25, 0.3) is 11.1 Å². The van der Waals surface area contributed by atoms with E-state index in [0.29, 0.717) is 6.54 Å². The van der Waals surface area contributed by atoms with Crippen molar-refractivity contribution in [2.75, 3.05) is 0 Å². The quantitative estimate of drug-likeness (QED) is 0.610. The van der Waals surface area contributed by atoms with Gasteiger partial charge in [-0.25, -0.2) is 4.98 Å². The van der Waals surface area contributed by atoms with Crippen molar-refractivity contribution in [3.05, 3.63) is 102 Å². The highest BCUT2D eigenvalue weighted by atomic mass is 16.3. The molecule has 0 spiro atoms. The van der Waals surface area contributed by atoms with Gasteiger partial charge < -0.3 is 9.73 Å². The van der Waals surface area contributed by atoms with Crippen LogP contribution in [-0.2, 0) is 6.54 Å². The van der Waals surface area contributed by atoms with Crippen molar-refractivity contribution in [3.8, 4) is 0 Å². The molecule has 0 atom stereocenters. The molecule has 0 saturated heterocycles. The normalized spacial score (nSPS) is 11.2. The molecule has 118 valence electrons. The van der Waals surface area contributed by atoms with Crippen LogP contribution in [0, 0.1) is 0 Å². The predicted molar refractivity (Wildman–Crippen MR) is 94.4 cm³/mol. The lowest BCUT2D eigenvalue weighted by Crippen LogP contribution is -2.84. The fourth-order valence-electron chi connectivity index (χ4n) is 3.01. The van der Waals surface area contributed by atoms with Crippen molar-refractivity contribution in [3.63, 3.8) is 0 Å². The van der Waals surface area contributed by atoms with Crippen LogP contribution in [0.4, 0.5) is 0 Å². The average Bonchev–Trinajstić information content (AvgIpc) is 3.07. The molecule has 0 saturated carbocycles. The highest BCUT2D eigenvalue weighted by Gasteiger charge is 2.18. The third kappa shape index (κ3) is 3.07. The average molecular weight is 315 g/mol. The molecule has 0 aliphatic rings. The van der Waals surface area contributed by atoms with Gasteiger partial charge in [0.1, 0.15) is 11.6 Å². The highest BCUT2D eigenvalue weighted by Crippen LogP contribution is 2.18. The first-order chi connectivity index (χ1) is 11.9. The molecule has 4 rings (SSSR count). The van der Waals surface area contributed by atoms with E-state index in [9.17, 15) is 0 Å². The first kappa shape index (κ1) is 14.7. The summed E-state index contributed by atoms with van der Waals surface area (Å²) < 4.78 is 5.85. The van der Waals surface area contributed by atoms with E-state index < -0.39 is 0 Å². The Kier molecular flexibility index (Phi) is 4.09. The molecule has 2 N–H and O–H groups in total. The van der Waals surface area contributed by atoms with Gasteiger partial charge in [-0.05, 0) is 12.1 Å². The van der Waals surface area contributed by atoms with E-state index in [1.807, 2.05) is 36.4 Å². The number of benzene rings is 3. The molecule has 0 unspecified atom stereocenters. The number of para-hydroxylation sites is 2. The Labute approximate surface area is 141 Å². The Morgan fingerprint density at radius 2 is 1.33 bits per heavy atom. The summed E-state index contributed by atoms with van der Waals surface area (Å²) in [6.07, 6.45) is 0. The van der Waals surface area contributed by atoms with Gasteiger partial charge in [-0.2, -0.15) is 0 Å². The Balaban J connectivity index is 1.60. The van der Waals surface area contributed by atoms with Gasteiger partial charge in [-0.15, -0.1) is 0 Å². The van der Waals surface area contributed by atoms with Gasteiger partial charge in [-0.3, -0.25) is 0 Å². The van der Waals surface area contributed by atoms with Crippen molar-refractivity contribution in [1.29, 1.82) is 0 Å². The Bertz CT molecular complexity index is 844. The molecule has 3 aromatic carbocycles. The first-order valence-corrected chi connectivity index (χ1v) is 8.18. The largest absolute Gasteiger partial charge is 0.435 e. The molecule has 0 radical (unpaired) electrons. The molecule has 0 aliphatic heterocycles. The number of aromatic nitrogens is 1. The number of nitrogens with zero attached hydrogens (tertiary/aromatic N) is 1. The zero-order valence-corrected chi connectivity index (χ0v) is 13.3. The summed E-state index contributed by atoms with van der Waals surface area (Å²) in [4.78, 5) is 4.57. The van der Waals surface area contributed by atoms with Crippen molar-refractivity contribution in [2.24, 2.45) is 0 Å². The smallest absolute Gasteiger partial charge is 0.251 e. The number of fused-ring (bicyclic) bond motifs is 1. The van der Waals surface area contributed by atoms with E-state index in [2.05, 4.69) is 58.8 Å². The van der Waals surface area contributed by atoms with Gasteiger partial charge in [0, 0.05) is 11.1 Å². The van der Waals surface area contributed by atoms with Crippen LogP contribution in [0.5, 0.6) is 0 Å². The second kappa shape index (κ2) is 6.69. The van der Waals surface area contributed by atoms with Gasteiger partial charge in [0.15, 0.2) is 12.1 Å². The molecule has 0 aliphatic carbocycles. The summed E-state index contributed by atoms with van der Waals surface area (Å²) in [5, 5.41) is 2.27. The van der Waals surface area contributed by atoms with Crippen LogP contribution in [0.15, 0.2) is 89.3 Å². The van der Waals surface area contributed by atoms with E-state index in [0.717, 1.165) is 17.0 Å². The Hall–Kier alpha value is -2.91. The molecule has 1 aromatic heterocycles. The van der Waals surface area contributed by atoms with Gasteiger partial charge >= 0.3 is 0 Å². The zero-order valence-electron chi connectivity index (χ0n) is 13.3. The lowest BCUT2D eigenvalue weighted by molar-refractivity contribution is -0.704. The van der Waals surface area contributed by atoms with Crippen molar-refractivity contribution in [1.82, 2.24) is 4.98 Å². The number of hydrogen-bond acceptors (Lipinski definition) is 2. The topological polar surface area (TPSA) is 42.6 Å². The van der Waals surface area contributed by atoms with Gasteiger partial charge in [0.2, 0.25) is 0 Å². The minimum absolute atomic E-state index is 0.224. The van der Waals surface area contributed by atoms with Gasteiger partial charge in [0.25, 0.3) is 5.89 Å². The summed E-state index contributed by atoms with van der Waals surface area (Å²) in [7, 11) is 0. The molecule has 24 heavy (non-hydrogen) atoms. The van der Waals surface area contributed by atoms with E-state index in [1.165, 1.54) is 11.1 Å². The Morgan fingerprint density at radius 1 is 0.750 bits per heavy atom. The third-order valence-electron chi connectivity index (χ3n) is 4.18. The fraction of sp³-hybridized carbons (Fsp3) is 0.0952. The van der Waals surface area contributed by atoms with Crippen LogP contribution in [-0.4, -0.2) is 4.98 Å². The van der Waals surface area contributed by atoms with Crippen molar-refractivity contribution in [2.45, 2.75) is 12.6 Å². The van der Waals surface area contributed by atoms with E-state index in [1.54, 1.807) is 0 Å². The minimum Gasteiger partial charge on any atom is -0.435 e. The number of quaternary nitrogens is 1. The van der Waals surface area contributed by atoms with Crippen LogP contribution in [0.2, 0.25) is 0 Å². The second-order valence-corrected chi connectivity index (χ2v) is 5.81. The summed E-state index contributed by atoms with van der Waals surface area (Å²) in [6.45, 7) is 0.698. The third-order valence-corrected chi connectivity index (χ3v) is 4.18. The van der Waals surface area contributed by atoms with Crippen LogP contribution < -0.4 is 5.32 Å². The molecule has 0 bridgehead atoms. The SMILES string of the molecule is c1ccc(C([NH2+]Cc2nc3ccccc3o2)c2ccccc2)cc1. The molecule has 4 aromatic rings. The van der Waals surface area contributed by atoms with Gasteiger partial charge in [-0.1, -0.05) is 72.8 Å². The fourth-order valence-corrected chi connectivity index (χ4v) is 3.01. The maximum absolute atomic E-state index is 5.85. The number of nitrogens with two attached hydrogens (primary N) is 1. The minimum atomic E-state index is 0.224. The van der Waals surface area contributed by atoms with Crippen LogP contribution in [0.3, 0.4) is 0 Å². The van der Waals surface area contributed by atoms with Crippen molar-refractivity contribution < 1.29 is 9.73 Å². The number of rotatable bonds is 5. The number of hydrogen-bond donors (Lipinski definition) is 1. The lowest BCUT2D eigenvalue weighted by Gasteiger charge is -2.15. The molecular formula is C21H19N2O+. The van der Waals surface area contributed by atoms with Crippen LogP contribution in [0.1, 0.15) is 23.1 Å². The van der Waals surface area contributed by atoms with Crippen molar-refractivity contribution >= 4 is 11.1 Å². The predicted octanol–water partition coefficient (Wildman–Crippen LogP) is 3.68. The number of oxazole rings is 1. The zero-order chi connectivity index (χ0) is 16.2. The molecule has 3 heteroatoms. The maximum atomic E-state index is 5.85. The summed E-state index contributed by atoms with van der Waals surface area (Å²) >= 11 is 0. The van der Waals surface area contributed by atoms with Crippen LogP contribution >= 0.6 is 0 Å². The lowest BCUT2D eigenvalue weighted by atomic mass is 9.99. The van der Waals surface area contributed by atoms with E-state index >= 15 is 0 Å². The molecule has 1 heterocycles. The molecule has 0 fully saturated rings. The summed E-state index contributed by atoms with van der Waals surface area (Å²) in [5.74, 6) is 0.757. The van der Waals surface area contributed by atoms with E-state index in [4.69, 9.17) is 4.42 Å². The van der Waals surface area contributed by atoms with E-state index in [-0.39, 0.29) is 6.04 Å². The standard InChI is InChI=1S/C21H18N2O/c1-3-9-16(10-4-1)21(17-11-5-2-6-12-17)22-15-20-23-18-13-7-8-14-19(18)24-20/h1-14,21-22H,15H2/p+1. The molecular weight excluding hydrogens is 296 g/mol. The summed E-state index contributed by atoms with van der Waals surface area (Å²) in [5.41, 5.74) is 4.31.